The van der Waals surface area contributed by atoms with Gasteiger partial charge in [-0.05, 0) is 82.5 Å². The molecule has 1 nitrogen and oxygen atoms in total. The summed E-state index contributed by atoms with van der Waals surface area (Å²) in [4.78, 5) is 5.27. The minimum absolute atomic E-state index is 0.521. The van der Waals surface area contributed by atoms with Crippen molar-refractivity contribution in [2.75, 3.05) is 0 Å². The number of aromatic nitrogens is 1. The molecule has 0 amide bonds. The maximum atomic E-state index is 5.27. The van der Waals surface area contributed by atoms with Gasteiger partial charge in [0, 0.05) is 16.6 Å². The fourth-order valence-electron chi connectivity index (χ4n) is 5.01. The molecule has 5 rings (SSSR count). The molecule has 1 aliphatic carbocycles. The average Bonchev–Trinajstić information content (AvgIpc) is 3.10. The summed E-state index contributed by atoms with van der Waals surface area (Å²) in [6.07, 6.45) is 1.99. The molecule has 0 aliphatic heterocycles. The topological polar surface area (TPSA) is 12.9 Å². The Bertz CT molecular complexity index is 1290. The van der Waals surface area contributed by atoms with E-state index < -0.39 is 0 Å². The van der Waals surface area contributed by atoms with E-state index in [1.807, 2.05) is 0 Å². The highest BCUT2D eigenvalue weighted by atomic mass is 14.7. The number of pyridine rings is 1. The van der Waals surface area contributed by atoms with Crippen LogP contribution in [-0.4, -0.2) is 4.98 Å². The maximum absolute atomic E-state index is 5.27. The summed E-state index contributed by atoms with van der Waals surface area (Å²) >= 11 is 0. The maximum Gasteiger partial charge on any atom is 0.0786 e. The van der Waals surface area contributed by atoms with Crippen molar-refractivity contribution in [3.63, 3.8) is 0 Å². The third-order valence-corrected chi connectivity index (χ3v) is 6.52. The van der Waals surface area contributed by atoms with Crippen LogP contribution in [0.2, 0.25) is 0 Å². The first kappa shape index (κ1) is 20.0. The SMILES string of the molecule is Cc1cc2c(c(-c3nc(CC(C)C)cc4cc(C(C)C)ccc34)c1)Cc1ccccc1-2. The summed E-state index contributed by atoms with van der Waals surface area (Å²) < 4.78 is 0. The first-order chi connectivity index (χ1) is 14.9. The molecule has 0 saturated carbocycles. The van der Waals surface area contributed by atoms with Crippen LogP contribution in [0.1, 0.15) is 61.6 Å². The van der Waals surface area contributed by atoms with E-state index in [-0.39, 0.29) is 0 Å². The molecule has 1 heterocycles. The second kappa shape index (κ2) is 7.64. The van der Waals surface area contributed by atoms with Gasteiger partial charge >= 0.3 is 0 Å². The van der Waals surface area contributed by atoms with Crippen LogP contribution in [-0.2, 0) is 12.8 Å². The Kier molecular flexibility index (Phi) is 4.93. The van der Waals surface area contributed by atoms with E-state index in [1.165, 1.54) is 55.4 Å². The third kappa shape index (κ3) is 3.57. The Morgan fingerprint density at radius 1 is 0.839 bits per heavy atom. The lowest BCUT2D eigenvalue weighted by atomic mass is 9.91. The molecule has 156 valence electrons. The molecule has 0 bridgehead atoms. The van der Waals surface area contributed by atoms with Crippen molar-refractivity contribution < 1.29 is 0 Å². The Balaban J connectivity index is 1.78. The van der Waals surface area contributed by atoms with Crippen LogP contribution in [0.3, 0.4) is 0 Å². The van der Waals surface area contributed by atoms with Crippen LogP contribution < -0.4 is 0 Å². The van der Waals surface area contributed by atoms with Crippen molar-refractivity contribution in [3.8, 4) is 22.4 Å². The van der Waals surface area contributed by atoms with Crippen LogP contribution in [0.5, 0.6) is 0 Å². The van der Waals surface area contributed by atoms with E-state index in [9.17, 15) is 0 Å². The molecule has 0 spiro atoms. The van der Waals surface area contributed by atoms with Gasteiger partial charge in [0.15, 0.2) is 0 Å². The molecule has 31 heavy (non-hydrogen) atoms. The number of hydrogen-bond donors (Lipinski definition) is 0. The first-order valence-corrected chi connectivity index (χ1v) is 11.6. The van der Waals surface area contributed by atoms with E-state index in [1.54, 1.807) is 0 Å². The minimum atomic E-state index is 0.521. The van der Waals surface area contributed by atoms with Crippen LogP contribution in [0.4, 0.5) is 0 Å². The molecule has 0 unspecified atom stereocenters. The lowest BCUT2D eigenvalue weighted by Crippen LogP contribution is -2.01. The van der Waals surface area contributed by atoms with E-state index in [0.29, 0.717) is 11.8 Å². The van der Waals surface area contributed by atoms with Crippen molar-refractivity contribution in [2.45, 2.75) is 53.4 Å². The highest BCUT2D eigenvalue weighted by Gasteiger charge is 2.24. The van der Waals surface area contributed by atoms with Crippen LogP contribution in [0, 0.1) is 12.8 Å². The molecular formula is C30H31N. The van der Waals surface area contributed by atoms with E-state index in [4.69, 9.17) is 4.98 Å². The van der Waals surface area contributed by atoms with Gasteiger partial charge in [0.05, 0.1) is 5.69 Å². The summed E-state index contributed by atoms with van der Waals surface area (Å²) in [7, 11) is 0. The summed E-state index contributed by atoms with van der Waals surface area (Å²) in [5.41, 5.74) is 12.0. The van der Waals surface area contributed by atoms with Crippen LogP contribution in [0.15, 0.2) is 60.7 Å². The van der Waals surface area contributed by atoms with Gasteiger partial charge in [0.25, 0.3) is 0 Å². The first-order valence-electron chi connectivity index (χ1n) is 11.6. The fraction of sp³-hybridized carbons (Fsp3) is 0.300. The quantitative estimate of drug-likeness (QED) is 0.294. The molecule has 4 aromatic rings. The molecule has 0 N–H and O–H groups in total. The summed E-state index contributed by atoms with van der Waals surface area (Å²) in [6, 6.07) is 22.8. The molecule has 1 aromatic heterocycles. The average molecular weight is 406 g/mol. The zero-order valence-corrected chi connectivity index (χ0v) is 19.3. The molecule has 3 aromatic carbocycles. The molecule has 1 heteroatoms. The monoisotopic (exact) mass is 405 g/mol. The molecular weight excluding hydrogens is 374 g/mol. The fourth-order valence-corrected chi connectivity index (χ4v) is 5.01. The van der Waals surface area contributed by atoms with Gasteiger partial charge < -0.3 is 0 Å². The van der Waals surface area contributed by atoms with E-state index >= 15 is 0 Å². The number of rotatable bonds is 4. The number of nitrogens with zero attached hydrogens (tertiary/aromatic N) is 1. The van der Waals surface area contributed by atoms with E-state index in [0.717, 1.165) is 18.5 Å². The highest BCUT2D eigenvalue weighted by molar-refractivity contribution is 5.98. The normalized spacial score (nSPS) is 12.6. The predicted molar refractivity (Wildman–Crippen MR) is 133 cm³/mol. The molecule has 0 radical (unpaired) electrons. The van der Waals surface area contributed by atoms with Crippen molar-refractivity contribution in [2.24, 2.45) is 5.92 Å². The van der Waals surface area contributed by atoms with Crippen molar-refractivity contribution >= 4 is 10.8 Å². The summed E-state index contributed by atoms with van der Waals surface area (Å²) in [6.45, 7) is 11.3. The van der Waals surface area contributed by atoms with Crippen LogP contribution >= 0.6 is 0 Å². The number of aryl methyl sites for hydroxylation is 1. The largest absolute Gasteiger partial charge is 0.252 e. The molecule has 0 saturated heterocycles. The summed E-state index contributed by atoms with van der Waals surface area (Å²) in [5.74, 6) is 1.10. The van der Waals surface area contributed by atoms with Gasteiger partial charge in [-0.25, -0.2) is 0 Å². The molecule has 0 fully saturated rings. The van der Waals surface area contributed by atoms with Gasteiger partial charge in [0.2, 0.25) is 0 Å². The van der Waals surface area contributed by atoms with E-state index in [2.05, 4.69) is 95.3 Å². The third-order valence-electron chi connectivity index (χ3n) is 6.52. The summed E-state index contributed by atoms with van der Waals surface area (Å²) in [5, 5.41) is 2.58. The second-order valence-corrected chi connectivity index (χ2v) is 9.87. The van der Waals surface area contributed by atoms with Gasteiger partial charge in [-0.15, -0.1) is 0 Å². The number of benzene rings is 3. The lowest BCUT2D eigenvalue weighted by molar-refractivity contribution is 0.636. The van der Waals surface area contributed by atoms with Crippen molar-refractivity contribution in [3.05, 3.63) is 88.6 Å². The van der Waals surface area contributed by atoms with Gasteiger partial charge in [-0.3, -0.25) is 4.98 Å². The number of hydrogen-bond acceptors (Lipinski definition) is 1. The second-order valence-electron chi connectivity index (χ2n) is 9.87. The van der Waals surface area contributed by atoms with Crippen molar-refractivity contribution in [1.29, 1.82) is 0 Å². The van der Waals surface area contributed by atoms with Gasteiger partial charge in [0.1, 0.15) is 0 Å². The Morgan fingerprint density at radius 3 is 2.39 bits per heavy atom. The lowest BCUT2D eigenvalue weighted by Gasteiger charge is -2.16. The van der Waals surface area contributed by atoms with Crippen LogP contribution in [0.25, 0.3) is 33.2 Å². The standard InChI is InChI=1S/C30H31N/c1-18(2)12-24-16-23-15-21(19(3)4)10-11-26(23)30(31-24)29-14-20(5)13-27-25-9-7-6-8-22(25)17-28(27)29/h6-11,13-16,18-19H,12,17H2,1-5H3. The van der Waals surface area contributed by atoms with Crippen molar-refractivity contribution in [1.82, 2.24) is 4.98 Å². The predicted octanol–water partition coefficient (Wildman–Crippen LogP) is 8.10. The highest BCUT2D eigenvalue weighted by Crippen LogP contribution is 2.43. The zero-order chi connectivity index (χ0) is 21.7. The number of fused-ring (bicyclic) bond motifs is 4. The molecule has 0 atom stereocenters. The zero-order valence-electron chi connectivity index (χ0n) is 19.3. The van der Waals surface area contributed by atoms with Gasteiger partial charge in [-0.2, -0.15) is 0 Å². The Hall–Kier alpha value is -2.93. The smallest absolute Gasteiger partial charge is 0.0786 e. The Labute approximate surface area is 186 Å². The Morgan fingerprint density at radius 2 is 1.61 bits per heavy atom. The van der Waals surface area contributed by atoms with Gasteiger partial charge in [-0.1, -0.05) is 76.2 Å². The molecule has 1 aliphatic rings. The minimum Gasteiger partial charge on any atom is -0.252 e.